The number of nitrogens with one attached hydrogen (secondary N) is 3. The number of hydrogen-bond acceptors (Lipinski definition) is 8. The van der Waals surface area contributed by atoms with E-state index in [0.717, 1.165) is 6.26 Å². The molecule has 1 aliphatic rings. The minimum Gasteiger partial charge on any atom is -0.495 e. The summed E-state index contributed by atoms with van der Waals surface area (Å²) in [5.74, 6) is 5.93. The van der Waals surface area contributed by atoms with Gasteiger partial charge in [0.15, 0.2) is 9.84 Å². The Morgan fingerprint density at radius 3 is 2.52 bits per heavy atom. The number of benzene rings is 3. The zero-order valence-corrected chi connectivity index (χ0v) is 26.3. The number of likely N-dealkylation sites (tertiary alicyclic amines) is 1. The van der Waals surface area contributed by atoms with Crippen molar-refractivity contribution in [1.29, 1.82) is 0 Å². The largest absolute Gasteiger partial charge is 0.495 e. The summed E-state index contributed by atoms with van der Waals surface area (Å²) in [6.45, 7) is 1.36. The van der Waals surface area contributed by atoms with Crippen LogP contribution in [0.25, 0.3) is 10.8 Å². The quantitative estimate of drug-likeness (QED) is 0.207. The van der Waals surface area contributed by atoms with E-state index in [0.29, 0.717) is 54.6 Å². The molecule has 4 rings (SSSR count). The van der Waals surface area contributed by atoms with E-state index in [1.807, 2.05) is 4.90 Å². The molecular formula is C32H37F3N4O6S. The van der Waals surface area contributed by atoms with Crippen LogP contribution in [-0.4, -0.2) is 94.0 Å². The molecule has 1 atom stereocenters. The molecule has 46 heavy (non-hydrogen) atoms. The molecule has 14 heteroatoms. The summed E-state index contributed by atoms with van der Waals surface area (Å²) >= 11 is 0. The number of ether oxygens (including phenoxy) is 1. The molecule has 3 aromatic carbocycles. The van der Waals surface area contributed by atoms with Gasteiger partial charge in [-0.2, -0.15) is 13.2 Å². The fourth-order valence-corrected chi connectivity index (χ4v) is 5.88. The first-order valence-corrected chi connectivity index (χ1v) is 16.5. The van der Waals surface area contributed by atoms with Crippen molar-refractivity contribution in [1.82, 2.24) is 10.2 Å². The van der Waals surface area contributed by atoms with Crippen LogP contribution in [0.1, 0.15) is 24.0 Å². The molecule has 0 bridgehead atoms. The van der Waals surface area contributed by atoms with Crippen molar-refractivity contribution in [3.05, 3.63) is 59.7 Å². The Bertz CT molecular complexity index is 1710. The first kappa shape index (κ1) is 34.8. The van der Waals surface area contributed by atoms with Gasteiger partial charge >= 0.3 is 12.2 Å². The SMILES string of the molecule is COc1cc(S(C)(=O)=O)ccc1NCC#Cc1cc2c(NC(=O)NC3CCN(CC(O)CO)CC3)cccc2cc1CC(F)(F)F. The molecule has 1 heterocycles. The van der Waals surface area contributed by atoms with E-state index in [-0.39, 0.29) is 41.0 Å². The van der Waals surface area contributed by atoms with E-state index in [1.165, 1.54) is 37.4 Å². The van der Waals surface area contributed by atoms with Crippen molar-refractivity contribution in [2.45, 2.75) is 42.5 Å². The van der Waals surface area contributed by atoms with Gasteiger partial charge in [0.05, 0.1) is 49.1 Å². The summed E-state index contributed by atoms with van der Waals surface area (Å²) in [6.07, 6.45) is -4.08. The first-order valence-electron chi connectivity index (χ1n) is 14.6. The molecule has 0 aliphatic carbocycles. The number of anilines is 2. The Hall–Kier alpha value is -4.03. The van der Waals surface area contributed by atoms with Gasteiger partial charge in [-0.25, -0.2) is 13.2 Å². The maximum Gasteiger partial charge on any atom is 0.393 e. The van der Waals surface area contributed by atoms with Crippen molar-refractivity contribution in [2.75, 3.05) is 56.8 Å². The molecular weight excluding hydrogens is 625 g/mol. The van der Waals surface area contributed by atoms with Crippen molar-refractivity contribution >= 4 is 38.0 Å². The highest BCUT2D eigenvalue weighted by Gasteiger charge is 2.29. The van der Waals surface area contributed by atoms with Gasteiger partial charge in [-0.05, 0) is 54.1 Å². The van der Waals surface area contributed by atoms with Crippen LogP contribution in [0.15, 0.2) is 53.4 Å². The number of amides is 2. The van der Waals surface area contributed by atoms with Gasteiger partial charge in [0.25, 0.3) is 0 Å². The molecule has 1 aliphatic heterocycles. The van der Waals surface area contributed by atoms with Gasteiger partial charge in [0, 0.05) is 48.9 Å². The summed E-state index contributed by atoms with van der Waals surface area (Å²) in [4.78, 5) is 15.0. The number of sulfone groups is 1. The van der Waals surface area contributed by atoms with Gasteiger partial charge in [0.1, 0.15) is 5.75 Å². The van der Waals surface area contributed by atoms with Crippen LogP contribution in [0, 0.1) is 11.8 Å². The van der Waals surface area contributed by atoms with Crippen molar-refractivity contribution in [3.63, 3.8) is 0 Å². The Labute approximate surface area is 265 Å². The lowest BCUT2D eigenvalue weighted by Gasteiger charge is -2.33. The van der Waals surface area contributed by atoms with E-state index in [4.69, 9.17) is 9.84 Å². The minimum atomic E-state index is -4.47. The van der Waals surface area contributed by atoms with Gasteiger partial charge in [0.2, 0.25) is 0 Å². The first-order chi connectivity index (χ1) is 21.8. The number of hydrogen-bond donors (Lipinski definition) is 5. The number of aliphatic hydroxyl groups excluding tert-OH is 2. The predicted molar refractivity (Wildman–Crippen MR) is 170 cm³/mol. The lowest BCUT2D eigenvalue weighted by Crippen LogP contribution is -2.47. The van der Waals surface area contributed by atoms with Crippen LogP contribution in [0.5, 0.6) is 5.75 Å². The summed E-state index contributed by atoms with van der Waals surface area (Å²) in [5, 5.41) is 28.5. The molecule has 1 saturated heterocycles. The van der Waals surface area contributed by atoms with E-state index in [9.17, 15) is 31.5 Å². The fourth-order valence-electron chi connectivity index (χ4n) is 5.25. The lowest BCUT2D eigenvalue weighted by molar-refractivity contribution is -0.127. The number of urea groups is 1. The second kappa shape index (κ2) is 15.0. The van der Waals surface area contributed by atoms with Crippen LogP contribution in [0.3, 0.4) is 0 Å². The Morgan fingerprint density at radius 1 is 1.13 bits per heavy atom. The van der Waals surface area contributed by atoms with Crippen LogP contribution >= 0.6 is 0 Å². The minimum absolute atomic E-state index is 0.0118. The zero-order valence-electron chi connectivity index (χ0n) is 25.4. The molecule has 0 saturated carbocycles. The maximum atomic E-state index is 13.5. The number of fused-ring (bicyclic) bond motifs is 1. The number of carbonyl (C=O) groups is 1. The van der Waals surface area contributed by atoms with E-state index < -0.39 is 34.6 Å². The molecule has 5 N–H and O–H groups in total. The molecule has 10 nitrogen and oxygen atoms in total. The highest BCUT2D eigenvalue weighted by Crippen LogP contribution is 2.31. The van der Waals surface area contributed by atoms with Gasteiger partial charge < -0.3 is 35.8 Å². The Kier molecular flexibility index (Phi) is 11.4. The molecule has 1 unspecified atom stereocenters. The lowest BCUT2D eigenvalue weighted by atomic mass is 9.97. The number of nitrogens with zero attached hydrogens (tertiary/aromatic N) is 1. The number of rotatable bonds is 10. The third-order valence-electron chi connectivity index (χ3n) is 7.54. The third kappa shape index (κ3) is 9.73. The Morgan fingerprint density at radius 2 is 1.87 bits per heavy atom. The number of halogens is 3. The summed E-state index contributed by atoms with van der Waals surface area (Å²) in [6, 6.07) is 11.7. The van der Waals surface area contributed by atoms with Crippen LogP contribution in [-0.2, 0) is 16.3 Å². The fraction of sp³-hybridized carbons (Fsp3) is 0.406. The normalized spacial score (nSPS) is 15.1. The standard InChI is InChI=1S/C32H37F3N4O6S/c1-45-30-17-26(46(2,43)44)8-9-29(30)36-12-4-6-21-16-27-22(15-23(21)18-32(33,34)35)5-3-7-28(27)38-31(42)37-24-10-13-39(14-11-24)19-25(41)20-40/h3,5,7-9,15-17,24-25,36,40-41H,10-14,18-20H2,1-2H3,(H2,37,38,42). The molecule has 2 amide bonds. The van der Waals surface area contributed by atoms with Crippen molar-refractivity contribution in [2.24, 2.45) is 0 Å². The number of β-amino-alcohol motifs (C(OH)–C–C–N with tert-alkyl or cyclic N) is 1. The maximum absolute atomic E-state index is 13.5. The molecule has 0 aromatic heterocycles. The molecule has 0 spiro atoms. The van der Waals surface area contributed by atoms with Crippen LogP contribution in [0.2, 0.25) is 0 Å². The van der Waals surface area contributed by atoms with Crippen LogP contribution < -0.4 is 20.7 Å². The molecule has 1 fully saturated rings. The second-order valence-electron chi connectivity index (χ2n) is 11.1. The Balaban J connectivity index is 1.51. The smallest absolute Gasteiger partial charge is 0.393 e. The van der Waals surface area contributed by atoms with Crippen LogP contribution in [0.4, 0.5) is 29.3 Å². The predicted octanol–water partition coefficient (Wildman–Crippen LogP) is 3.76. The second-order valence-corrected chi connectivity index (χ2v) is 13.1. The monoisotopic (exact) mass is 662 g/mol. The third-order valence-corrected chi connectivity index (χ3v) is 8.65. The number of methoxy groups -OCH3 is 1. The topological polar surface area (TPSA) is 140 Å². The molecule has 3 aromatic rings. The number of alkyl halides is 3. The zero-order chi connectivity index (χ0) is 33.5. The summed E-state index contributed by atoms with van der Waals surface area (Å²) < 4.78 is 69.5. The highest BCUT2D eigenvalue weighted by atomic mass is 32.2. The van der Waals surface area contributed by atoms with Gasteiger partial charge in [-0.15, -0.1) is 0 Å². The van der Waals surface area contributed by atoms with E-state index >= 15 is 0 Å². The van der Waals surface area contributed by atoms with E-state index in [1.54, 1.807) is 18.2 Å². The van der Waals surface area contributed by atoms with Crippen molar-refractivity contribution < 1.29 is 41.3 Å². The van der Waals surface area contributed by atoms with Gasteiger partial charge in [-0.1, -0.05) is 24.0 Å². The average molecular weight is 663 g/mol. The number of piperidine rings is 1. The highest BCUT2D eigenvalue weighted by molar-refractivity contribution is 7.90. The average Bonchev–Trinajstić information content (AvgIpc) is 2.99. The summed E-state index contributed by atoms with van der Waals surface area (Å²) in [7, 11) is -2.06. The number of aliphatic hydroxyl groups is 2. The molecule has 0 radical (unpaired) electrons. The molecule has 248 valence electrons. The van der Waals surface area contributed by atoms with Crippen molar-refractivity contribution in [3.8, 4) is 17.6 Å². The van der Waals surface area contributed by atoms with Gasteiger partial charge in [-0.3, -0.25) is 0 Å². The van der Waals surface area contributed by atoms with E-state index in [2.05, 4.69) is 27.8 Å². The number of carbonyl (C=O) groups excluding carboxylic acids is 1. The summed E-state index contributed by atoms with van der Waals surface area (Å²) in [5.41, 5.74) is 1.01.